The van der Waals surface area contributed by atoms with E-state index in [1.807, 2.05) is 33.6 Å². The van der Waals surface area contributed by atoms with Gasteiger partial charge in [0.05, 0.1) is 18.9 Å². The highest BCUT2D eigenvalue weighted by Gasteiger charge is 2.19. The molecule has 0 spiro atoms. The van der Waals surface area contributed by atoms with E-state index in [-0.39, 0.29) is 5.75 Å². The van der Waals surface area contributed by atoms with Gasteiger partial charge in [0, 0.05) is 12.3 Å². The molecule has 0 bridgehead atoms. The van der Waals surface area contributed by atoms with Gasteiger partial charge in [-0.25, -0.2) is 0 Å². The lowest BCUT2D eigenvalue weighted by Crippen LogP contribution is -2.21. The van der Waals surface area contributed by atoms with E-state index in [2.05, 4.69) is 24.9 Å². The quantitative estimate of drug-likeness (QED) is 0.446. The molecule has 1 aromatic carbocycles. The number of nitrogens with two attached hydrogens (primary N) is 1. The molecular formula is C30H49N3O4. The molecule has 208 valence electrons. The maximum atomic E-state index is 9.01. The fourth-order valence-electron chi connectivity index (χ4n) is 3.87. The second kappa shape index (κ2) is 23.4. The lowest BCUT2D eigenvalue weighted by atomic mass is 9.81. The number of hydrogen-bond donors (Lipinski definition) is 3. The average molecular weight is 516 g/mol. The number of nitrogens with zero attached hydrogens (tertiary/aromatic N) is 2. The molecule has 1 aliphatic carbocycles. The summed E-state index contributed by atoms with van der Waals surface area (Å²) in [5.41, 5.74) is 9.26. The molecule has 0 radical (unpaired) electrons. The lowest BCUT2D eigenvalue weighted by Gasteiger charge is -2.26. The van der Waals surface area contributed by atoms with Crippen molar-refractivity contribution >= 4 is 6.79 Å². The Morgan fingerprint density at radius 1 is 1.11 bits per heavy atom. The highest BCUT2D eigenvalue weighted by atomic mass is 16.5. The minimum Gasteiger partial charge on any atom is -0.507 e. The Morgan fingerprint density at radius 2 is 1.70 bits per heavy atom. The van der Waals surface area contributed by atoms with Gasteiger partial charge in [-0.05, 0) is 86.7 Å². The molecular weight excluding hydrogens is 466 g/mol. The third-order valence-electron chi connectivity index (χ3n) is 6.08. The van der Waals surface area contributed by atoms with E-state index in [4.69, 9.17) is 30.7 Å². The zero-order chi connectivity index (χ0) is 28.6. The first kappa shape index (κ1) is 36.2. The summed E-state index contributed by atoms with van der Waals surface area (Å²) >= 11 is 0. The van der Waals surface area contributed by atoms with Crippen LogP contribution in [0.3, 0.4) is 0 Å². The topological polar surface area (TPSA) is 129 Å². The number of phenols is 1. The van der Waals surface area contributed by atoms with E-state index in [0.29, 0.717) is 12.2 Å². The summed E-state index contributed by atoms with van der Waals surface area (Å²) in [5, 5.41) is 26.2. The Hall–Kier alpha value is -2.95. The van der Waals surface area contributed by atoms with Crippen molar-refractivity contribution in [2.45, 2.75) is 79.6 Å². The molecule has 0 unspecified atom stereocenters. The number of methoxy groups -OCH3 is 1. The van der Waals surface area contributed by atoms with Crippen LogP contribution < -0.4 is 10.5 Å². The van der Waals surface area contributed by atoms with Crippen molar-refractivity contribution in [3.63, 3.8) is 0 Å². The summed E-state index contributed by atoms with van der Waals surface area (Å²) in [4.78, 5) is 12.3. The number of ether oxygens (including phenoxy) is 1. The van der Waals surface area contributed by atoms with Crippen molar-refractivity contribution in [1.29, 1.82) is 5.26 Å². The Labute approximate surface area is 224 Å². The van der Waals surface area contributed by atoms with Crippen LogP contribution in [-0.4, -0.2) is 42.2 Å². The van der Waals surface area contributed by atoms with Crippen LogP contribution in [-0.2, 0) is 17.6 Å². The van der Waals surface area contributed by atoms with Gasteiger partial charge in [0.25, 0.3) is 0 Å². The van der Waals surface area contributed by atoms with Gasteiger partial charge in [-0.3, -0.25) is 4.98 Å². The second-order valence-corrected chi connectivity index (χ2v) is 8.46. The van der Waals surface area contributed by atoms with E-state index < -0.39 is 0 Å². The van der Waals surface area contributed by atoms with Gasteiger partial charge in [-0.15, -0.1) is 0 Å². The Balaban J connectivity index is 0. The van der Waals surface area contributed by atoms with Crippen molar-refractivity contribution in [3.05, 3.63) is 52.8 Å². The van der Waals surface area contributed by atoms with Crippen LogP contribution in [0.25, 0.3) is 0 Å². The molecule has 0 atom stereocenters. The fraction of sp³-hybridized carbons (Fsp3) is 0.567. The van der Waals surface area contributed by atoms with E-state index in [1.54, 1.807) is 25.4 Å². The van der Waals surface area contributed by atoms with Crippen molar-refractivity contribution in [1.82, 2.24) is 4.98 Å². The standard InChI is InChI=1S/C10H15NO.C9H19NO.C8H7NO.C2H6.CH2O/c1-4-8-6-9(5-2)11-7-10(8)12-3;10-7-9-3-1-8(2-4-9)5-6-11;1-6-2-3-8(10)7(4-6)5-9;2*1-2/h6-7H,4-5H2,1-3H3;8-9,11H,1-7,10H2;2-4,10H,1H3;1-2H3;1H2. The maximum absolute atomic E-state index is 9.01. The number of carbonyl (C=O) groups excluding carboxylic acids is 1. The number of aromatic hydroxyl groups is 1. The van der Waals surface area contributed by atoms with Crippen LogP contribution in [0.15, 0.2) is 30.5 Å². The van der Waals surface area contributed by atoms with Crippen LogP contribution in [0.1, 0.15) is 82.2 Å². The van der Waals surface area contributed by atoms with E-state index in [1.165, 1.54) is 37.3 Å². The molecule has 2 aromatic rings. The average Bonchev–Trinajstić information content (AvgIpc) is 2.97. The predicted molar refractivity (Wildman–Crippen MR) is 152 cm³/mol. The van der Waals surface area contributed by atoms with Crippen LogP contribution in [0, 0.1) is 30.1 Å². The van der Waals surface area contributed by atoms with Crippen LogP contribution in [0.5, 0.6) is 11.5 Å². The SMILES string of the molecule is C=O.CC.CCc1cc(CC)c(OC)cn1.Cc1ccc(O)c(C#N)c1.NCC1CCC(CCO)CC1. The van der Waals surface area contributed by atoms with Gasteiger partial charge >= 0.3 is 0 Å². The number of phenolic OH excluding ortho intramolecular Hbond substituents is 1. The number of aliphatic hydroxyl groups excluding tert-OH is 1. The van der Waals surface area contributed by atoms with Crippen LogP contribution in [0.2, 0.25) is 0 Å². The first-order valence-electron chi connectivity index (χ1n) is 13.2. The molecule has 3 rings (SSSR count). The van der Waals surface area contributed by atoms with E-state index in [0.717, 1.165) is 54.6 Å². The molecule has 1 aromatic heterocycles. The van der Waals surface area contributed by atoms with Gasteiger partial charge in [-0.1, -0.05) is 46.6 Å². The third-order valence-corrected chi connectivity index (χ3v) is 6.08. The first-order chi connectivity index (χ1) is 17.9. The Bertz CT molecular complexity index is 876. The number of hydrogen-bond acceptors (Lipinski definition) is 7. The minimum absolute atomic E-state index is 0.0492. The number of nitriles is 1. The van der Waals surface area contributed by atoms with Gasteiger partial charge in [0.1, 0.15) is 24.4 Å². The predicted octanol–water partition coefficient (Wildman–Crippen LogP) is 5.76. The molecule has 0 amide bonds. The number of rotatable bonds is 6. The number of aryl methyl sites for hydroxylation is 3. The fourth-order valence-corrected chi connectivity index (χ4v) is 3.87. The summed E-state index contributed by atoms with van der Waals surface area (Å²) in [6.07, 6.45) is 9.90. The molecule has 4 N–H and O–H groups in total. The number of pyridine rings is 1. The smallest absolute Gasteiger partial charge is 0.140 e. The molecule has 0 saturated heterocycles. The molecule has 37 heavy (non-hydrogen) atoms. The van der Waals surface area contributed by atoms with Crippen molar-refractivity contribution < 1.29 is 19.7 Å². The first-order valence-corrected chi connectivity index (χ1v) is 13.2. The van der Waals surface area contributed by atoms with Gasteiger partial charge in [-0.2, -0.15) is 5.26 Å². The largest absolute Gasteiger partial charge is 0.507 e. The number of aromatic nitrogens is 1. The zero-order valence-corrected chi connectivity index (χ0v) is 23.8. The molecule has 7 nitrogen and oxygen atoms in total. The summed E-state index contributed by atoms with van der Waals surface area (Å²) in [7, 11) is 1.68. The maximum Gasteiger partial charge on any atom is 0.140 e. The monoisotopic (exact) mass is 515 g/mol. The Morgan fingerprint density at radius 3 is 2.14 bits per heavy atom. The normalized spacial score (nSPS) is 15.4. The van der Waals surface area contributed by atoms with Gasteiger partial charge < -0.3 is 25.5 Å². The Kier molecular flexibility index (Phi) is 22.9. The van der Waals surface area contributed by atoms with Gasteiger partial charge in [0.15, 0.2) is 0 Å². The van der Waals surface area contributed by atoms with E-state index in [9.17, 15) is 0 Å². The van der Waals surface area contributed by atoms with E-state index >= 15 is 0 Å². The zero-order valence-electron chi connectivity index (χ0n) is 23.8. The second-order valence-electron chi connectivity index (χ2n) is 8.46. The molecule has 1 saturated carbocycles. The number of aliphatic hydroxyl groups is 1. The highest BCUT2D eigenvalue weighted by Crippen LogP contribution is 2.29. The van der Waals surface area contributed by atoms with Crippen LogP contribution in [0.4, 0.5) is 0 Å². The molecule has 1 fully saturated rings. The lowest BCUT2D eigenvalue weighted by molar-refractivity contribution is -0.0980. The van der Waals surface area contributed by atoms with Crippen molar-refractivity contribution in [2.24, 2.45) is 17.6 Å². The number of benzene rings is 1. The third kappa shape index (κ3) is 15.0. The van der Waals surface area contributed by atoms with Gasteiger partial charge in [0.2, 0.25) is 0 Å². The molecule has 1 heterocycles. The molecule has 0 aliphatic heterocycles. The minimum atomic E-state index is 0.0492. The molecule has 7 heteroatoms. The summed E-state index contributed by atoms with van der Waals surface area (Å²) in [6.45, 7) is 13.3. The summed E-state index contributed by atoms with van der Waals surface area (Å²) in [5.74, 6) is 2.50. The molecule has 1 aliphatic rings. The summed E-state index contributed by atoms with van der Waals surface area (Å²) < 4.78 is 5.17. The van der Waals surface area contributed by atoms with Crippen molar-refractivity contribution in [3.8, 4) is 17.6 Å². The van der Waals surface area contributed by atoms with Crippen molar-refractivity contribution in [2.75, 3.05) is 20.3 Å². The number of carbonyl (C=O) groups is 1. The van der Waals surface area contributed by atoms with Crippen LogP contribution >= 0.6 is 0 Å². The summed E-state index contributed by atoms with van der Waals surface area (Å²) in [6, 6.07) is 8.93. The highest BCUT2D eigenvalue weighted by molar-refractivity contribution is 5.43.